The van der Waals surface area contributed by atoms with E-state index < -0.39 is 0 Å². The molecule has 0 fully saturated rings. The van der Waals surface area contributed by atoms with E-state index in [-0.39, 0.29) is 0 Å². The standard InChI is InChI=1S/C9H10ClN3OS/c1-14-5-9-12-8(6-15-9)4-13-3-7(10)2-11-13/h2-3,6H,4-5H2,1H3. The van der Waals surface area contributed by atoms with E-state index in [9.17, 15) is 0 Å². The molecule has 0 radical (unpaired) electrons. The summed E-state index contributed by atoms with van der Waals surface area (Å²) in [6, 6.07) is 0. The first-order valence-corrected chi connectivity index (χ1v) is 5.64. The van der Waals surface area contributed by atoms with Crippen LogP contribution in [-0.2, 0) is 17.9 Å². The number of ether oxygens (including phenoxy) is 1. The molecule has 0 N–H and O–H groups in total. The first-order valence-electron chi connectivity index (χ1n) is 4.38. The minimum atomic E-state index is 0.560. The van der Waals surface area contributed by atoms with Gasteiger partial charge in [-0.3, -0.25) is 4.68 Å². The van der Waals surface area contributed by atoms with E-state index in [2.05, 4.69) is 10.1 Å². The fraction of sp³-hybridized carbons (Fsp3) is 0.333. The van der Waals surface area contributed by atoms with Crippen molar-refractivity contribution in [3.63, 3.8) is 0 Å². The molecule has 15 heavy (non-hydrogen) atoms. The third kappa shape index (κ3) is 2.77. The predicted molar refractivity (Wildman–Crippen MR) is 59.2 cm³/mol. The number of rotatable bonds is 4. The van der Waals surface area contributed by atoms with E-state index in [1.54, 1.807) is 35.5 Å². The van der Waals surface area contributed by atoms with Crippen LogP contribution >= 0.6 is 22.9 Å². The number of thiazole rings is 1. The molecule has 0 amide bonds. The van der Waals surface area contributed by atoms with Crippen LogP contribution in [0.2, 0.25) is 5.02 Å². The SMILES string of the molecule is COCc1nc(Cn2cc(Cl)cn2)cs1. The van der Waals surface area contributed by atoms with Crippen LogP contribution in [0.3, 0.4) is 0 Å². The smallest absolute Gasteiger partial charge is 0.119 e. The van der Waals surface area contributed by atoms with Crippen molar-refractivity contribution in [3.05, 3.63) is 33.5 Å². The Morgan fingerprint density at radius 3 is 3.13 bits per heavy atom. The molecule has 0 aliphatic rings. The van der Waals surface area contributed by atoms with Gasteiger partial charge in [0.2, 0.25) is 0 Å². The van der Waals surface area contributed by atoms with Gasteiger partial charge in [0.05, 0.1) is 30.1 Å². The topological polar surface area (TPSA) is 39.9 Å². The highest BCUT2D eigenvalue weighted by molar-refractivity contribution is 7.09. The summed E-state index contributed by atoms with van der Waals surface area (Å²) in [5.41, 5.74) is 0.979. The van der Waals surface area contributed by atoms with Crippen LogP contribution in [0.1, 0.15) is 10.7 Å². The predicted octanol–water partition coefficient (Wildman–Crippen LogP) is 2.19. The summed E-state index contributed by atoms with van der Waals surface area (Å²) >= 11 is 7.35. The molecule has 0 atom stereocenters. The Kier molecular flexibility index (Phi) is 3.35. The van der Waals surface area contributed by atoms with Crippen molar-refractivity contribution >= 4 is 22.9 Å². The third-order valence-corrected chi connectivity index (χ3v) is 2.86. The molecule has 2 aromatic rings. The third-order valence-electron chi connectivity index (χ3n) is 1.79. The molecule has 2 aromatic heterocycles. The summed E-state index contributed by atoms with van der Waals surface area (Å²) in [5, 5.41) is 7.71. The van der Waals surface area contributed by atoms with Crippen molar-refractivity contribution in [1.29, 1.82) is 0 Å². The van der Waals surface area contributed by atoms with Crippen LogP contribution < -0.4 is 0 Å². The number of methoxy groups -OCH3 is 1. The van der Waals surface area contributed by atoms with Crippen LogP contribution in [0.5, 0.6) is 0 Å². The summed E-state index contributed by atoms with van der Waals surface area (Å²) in [6.07, 6.45) is 3.39. The quantitative estimate of drug-likeness (QED) is 0.827. The highest BCUT2D eigenvalue weighted by Gasteiger charge is 2.03. The maximum Gasteiger partial charge on any atom is 0.119 e. The minimum absolute atomic E-state index is 0.560. The number of halogens is 1. The summed E-state index contributed by atoms with van der Waals surface area (Å²) in [4.78, 5) is 4.39. The number of hydrogen-bond donors (Lipinski definition) is 0. The lowest BCUT2D eigenvalue weighted by Gasteiger charge is -1.96. The fourth-order valence-corrected chi connectivity index (χ4v) is 2.11. The highest BCUT2D eigenvalue weighted by Crippen LogP contribution is 2.12. The van der Waals surface area contributed by atoms with Gasteiger partial charge in [0.25, 0.3) is 0 Å². The highest BCUT2D eigenvalue weighted by atomic mass is 35.5. The number of hydrogen-bond acceptors (Lipinski definition) is 4. The molecule has 0 spiro atoms. The maximum absolute atomic E-state index is 5.76. The molecule has 0 aliphatic heterocycles. The van der Waals surface area contributed by atoms with E-state index in [0.29, 0.717) is 18.2 Å². The Morgan fingerprint density at radius 1 is 1.60 bits per heavy atom. The van der Waals surface area contributed by atoms with Gasteiger partial charge in [0.1, 0.15) is 5.01 Å². The molecule has 0 bridgehead atoms. The fourth-order valence-electron chi connectivity index (χ4n) is 1.20. The van der Waals surface area contributed by atoms with Crippen molar-refractivity contribution < 1.29 is 4.74 Å². The second-order valence-corrected chi connectivity index (χ2v) is 4.40. The monoisotopic (exact) mass is 243 g/mol. The van der Waals surface area contributed by atoms with E-state index >= 15 is 0 Å². The molecule has 0 aliphatic carbocycles. The zero-order chi connectivity index (χ0) is 10.7. The zero-order valence-corrected chi connectivity index (χ0v) is 9.75. The number of aromatic nitrogens is 3. The lowest BCUT2D eigenvalue weighted by Crippen LogP contribution is -2.00. The number of nitrogens with zero attached hydrogens (tertiary/aromatic N) is 3. The molecular formula is C9H10ClN3OS. The largest absolute Gasteiger partial charge is 0.378 e. The van der Waals surface area contributed by atoms with Crippen LogP contribution in [0, 0.1) is 0 Å². The molecule has 4 nitrogen and oxygen atoms in total. The summed E-state index contributed by atoms with van der Waals surface area (Å²) in [6.45, 7) is 1.21. The average molecular weight is 244 g/mol. The molecule has 0 saturated heterocycles. The average Bonchev–Trinajstić information content (AvgIpc) is 2.78. The van der Waals surface area contributed by atoms with Gasteiger partial charge >= 0.3 is 0 Å². The second-order valence-electron chi connectivity index (χ2n) is 3.02. The van der Waals surface area contributed by atoms with Gasteiger partial charge in [-0.05, 0) is 0 Å². The molecule has 2 rings (SSSR count). The lowest BCUT2D eigenvalue weighted by atomic mass is 10.5. The van der Waals surface area contributed by atoms with Crippen molar-refractivity contribution in [2.24, 2.45) is 0 Å². The Bertz CT molecular complexity index is 440. The summed E-state index contributed by atoms with van der Waals surface area (Å²) in [7, 11) is 1.66. The molecule has 0 saturated carbocycles. The minimum Gasteiger partial charge on any atom is -0.378 e. The van der Waals surface area contributed by atoms with Crippen LogP contribution in [0.15, 0.2) is 17.8 Å². The first-order chi connectivity index (χ1) is 7.28. The van der Waals surface area contributed by atoms with E-state index in [1.807, 2.05) is 5.38 Å². The van der Waals surface area contributed by atoms with Crippen LogP contribution in [-0.4, -0.2) is 21.9 Å². The van der Waals surface area contributed by atoms with Gasteiger partial charge < -0.3 is 4.74 Å². The van der Waals surface area contributed by atoms with E-state index in [0.717, 1.165) is 10.7 Å². The molecule has 2 heterocycles. The molecular weight excluding hydrogens is 234 g/mol. The Hall–Kier alpha value is -0.910. The van der Waals surface area contributed by atoms with Crippen LogP contribution in [0.4, 0.5) is 0 Å². The summed E-state index contributed by atoms with van der Waals surface area (Å²) < 4.78 is 6.76. The van der Waals surface area contributed by atoms with E-state index in [1.165, 1.54) is 0 Å². The maximum atomic E-state index is 5.76. The van der Waals surface area contributed by atoms with Gasteiger partial charge in [-0.2, -0.15) is 5.10 Å². The van der Waals surface area contributed by atoms with Gasteiger partial charge in [0, 0.05) is 18.7 Å². The van der Waals surface area contributed by atoms with Crippen molar-refractivity contribution in [2.75, 3.05) is 7.11 Å². The van der Waals surface area contributed by atoms with E-state index in [4.69, 9.17) is 16.3 Å². The second kappa shape index (κ2) is 4.74. The molecule has 6 heteroatoms. The normalized spacial score (nSPS) is 10.8. The first kappa shape index (κ1) is 10.6. The van der Waals surface area contributed by atoms with Gasteiger partial charge in [-0.1, -0.05) is 11.6 Å². The van der Waals surface area contributed by atoms with Gasteiger partial charge in [0.15, 0.2) is 0 Å². The van der Waals surface area contributed by atoms with Crippen molar-refractivity contribution in [2.45, 2.75) is 13.2 Å². The van der Waals surface area contributed by atoms with Crippen LogP contribution in [0.25, 0.3) is 0 Å². The lowest BCUT2D eigenvalue weighted by molar-refractivity contribution is 0.184. The Labute approximate surface area is 96.5 Å². The summed E-state index contributed by atoms with van der Waals surface area (Å²) in [5.74, 6) is 0. The Balaban J connectivity index is 2.04. The Morgan fingerprint density at radius 2 is 2.47 bits per heavy atom. The van der Waals surface area contributed by atoms with Crippen molar-refractivity contribution in [1.82, 2.24) is 14.8 Å². The molecule has 80 valence electrons. The van der Waals surface area contributed by atoms with Crippen molar-refractivity contribution in [3.8, 4) is 0 Å². The molecule has 0 aromatic carbocycles. The van der Waals surface area contributed by atoms with Gasteiger partial charge in [-0.25, -0.2) is 4.98 Å². The molecule has 0 unspecified atom stereocenters. The van der Waals surface area contributed by atoms with Gasteiger partial charge in [-0.15, -0.1) is 11.3 Å². The zero-order valence-electron chi connectivity index (χ0n) is 8.18.